The van der Waals surface area contributed by atoms with Crippen LogP contribution in [0.15, 0.2) is 218 Å². The van der Waals surface area contributed by atoms with E-state index in [4.69, 9.17) is 14.6 Å². The zero-order chi connectivity index (χ0) is 51.6. The standard InChI is InChI=1S/C34H20Br2.C14H6Br2O2.C10H7.C4H10O.C2H4O2.Li/c35-23-16-18-30-31(19-23)33(27-13-5-9-21-7-1-3-11-25(21)27)29-17-15-24(36)20-32(29)34(30)28-14-6-10-22-8-2-4-12-26(22)28;15-7-1-3-9-11(5-7)14(18)10-4-2-8(16)6-12(10)13(9)17;1-2-6-10-8-4-3-7-9(10)5-1;1-3-5-4-2;1-2(3)4;/h1-20H;1-6H;1-7H;3-4H2,1-2H3;1H3,(H,3,4);/q;;-1;;;+1. The Morgan fingerprint density at radius 2 is 0.811 bits per heavy atom. The Hall–Kier alpha value is -5.99. The first-order chi connectivity index (χ1) is 35.4. The van der Waals surface area contributed by atoms with Crippen molar-refractivity contribution in [1.29, 1.82) is 0 Å². The quantitative estimate of drug-likeness (QED) is 0.108. The number of fused-ring (bicyclic) bond motifs is 7. The van der Waals surface area contributed by atoms with Crippen LogP contribution < -0.4 is 18.9 Å². The number of halogens is 4. The van der Waals surface area contributed by atoms with E-state index in [1.807, 2.05) is 38.1 Å². The first-order valence-corrected chi connectivity index (χ1v) is 26.7. The van der Waals surface area contributed by atoms with Crippen LogP contribution in [0.1, 0.15) is 52.6 Å². The maximum atomic E-state index is 12.3. The SMILES string of the molecule is Brc1ccc2c(-c3cccc4ccccc34)c3cc(Br)ccc3c(-c3cccc4ccccc34)c2c1.CC(=O)O.CCOCC.O=C1c2ccc(Br)cc2C(=O)c2ccc(Br)cc21.[Li+].[c-]1cccc2ccccc12. The van der Waals surface area contributed by atoms with Crippen LogP contribution in [0.3, 0.4) is 0 Å². The molecular formula is C64H47Br4LiO5. The minimum Gasteiger partial charge on any atom is -0.481 e. The Morgan fingerprint density at radius 1 is 0.432 bits per heavy atom. The van der Waals surface area contributed by atoms with Gasteiger partial charge in [0, 0.05) is 60.3 Å². The fourth-order valence-electron chi connectivity index (χ4n) is 9.00. The Kier molecular flexibility index (Phi) is 19.6. The third kappa shape index (κ3) is 12.7. The average Bonchev–Trinajstić information content (AvgIpc) is 3.40. The number of carbonyl (C=O) groups is 3. The number of ether oxygens (including phenoxy) is 1. The van der Waals surface area contributed by atoms with E-state index in [9.17, 15) is 9.59 Å². The molecule has 12 rings (SSSR count). The van der Waals surface area contributed by atoms with Crippen LogP contribution in [0, 0.1) is 6.07 Å². The largest absolute Gasteiger partial charge is 1.00 e. The number of hydrogen-bond acceptors (Lipinski definition) is 4. The van der Waals surface area contributed by atoms with Crippen LogP contribution in [0.2, 0.25) is 0 Å². The molecule has 362 valence electrons. The molecule has 0 atom stereocenters. The Bertz CT molecular complexity index is 3570. The van der Waals surface area contributed by atoms with Gasteiger partial charge in [-0.2, -0.15) is 0 Å². The van der Waals surface area contributed by atoms with Gasteiger partial charge in [0.2, 0.25) is 0 Å². The predicted molar refractivity (Wildman–Crippen MR) is 316 cm³/mol. The molecule has 0 aliphatic heterocycles. The van der Waals surface area contributed by atoms with Gasteiger partial charge in [0.1, 0.15) is 0 Å². The van der Waals surface area contributed by atoms with Gasteiger partial charge < -0.3 is 9.84 Å². The molecule has 0 saturated heterocycles. The minimum absolute atomic E-state index is 0. The molecule has 0 amide bonds. The Morgan fingerprint density at radius 3 is 1.24 bits per heavy atom. The van der Waals surface area contributed by atoms with E-state index >= 15 is 0 Å². The second kappa shape index (κ2) is 26.0. The monoisotopic (exact) mass is 1220 g/mol. The number of aliphatic carboxylic acids is 1. The average molecular weight is 1220 g/mol. The normalized spacial score (nSPS) is 11.1. The summed E-state index contributed by atoms with van der Waals surface area (Å²) in [5.41, 5.74) is 6.92. The van der Waals surface area contributed by atoms with Gasteiger partial charge >= 0.3 is 18.9 Å². The zero-order valence-corrected chi connectivity index (χ0v) is 47.4. The molecule has 0 heterocycles. The van der Waals surface area contributed by atoms with Crippen LogP contribution in [0.5, 0.6) is 0 Å². The van der Waals surface area contributed by atoms with Gasteiger partial charge in [0.15, 0.2) is 11.6 Å². The van der Waals surface area contributed by atoms with Crippen molar-refractivity contribution in [2.24, 2.45) is 0 Å². The third-order valence-corrected chi connectivity index (χ3v) is 14.1. The van der Waals surface area contributed by atoms with Crippen LogP contribution in [-0.2, 0) is 9.53 Å². The fraction of sp³-hybridized carbons (Fsp3) is 0.0781. The van der Waals surface area contributed by atoms with E-state index in [2.05, 4.69) is 209 Å². The van der Waals surface area contributed by atoms with Gasteiger partial charge in [-0.15, -0.1) is 47.2 Å². The molecule has 0 radical (unpaired) electrons. The molecule has 0 fully saturated rings. The number of carbonyl (C=O) groups excluding carboxylic acids is 2. The van der Waals surface area contributed by atoms with E-state index < -0.39 is 5.97 Å². The second-order valence-corrected chi connectivity index (χ2v) is 20.4. The molecule has 0 aromatic heterocycles. The Balaban J connectivity index is 0.000000174. The third-order valence-electron chi connectivity index (χ3n) is 12.1. The molecule has 0 unspecified atom stereocenters. The van der Waals surface area contributed by atoms with Gasteiger partial charge in [0.05, 0.1) is 0 Å². The number of carboxylic acids is 1. The van der Waals surface area contributed by atoms with Crippen LogP contribution in [-0.4, -0.2) is 35.9 Å². The molecular weight excluding hydrogens is 1180 g/mol. The zero-order valence-electron chi connectivity index (χ0n) is 41.1. The first-order valence-electron chi connectivity index (χ1n) is 23.5. The van der Waals surface area contributed by atoms with E-state index in [0.29, 0.717) is 22.3 Å². The summed E-state index contributed by atoms with van der Waals surface area (Å²) in [5.74, 6) is -1.04. The van der Waals surface area contributed by atoms with Gasteiger partial charge in [-0.25, -0.2) is 0 Å². The smallest absolute Gasteiger partial charge is 0.481 e. The summed E-state index contributed by atoms with van der Waals surface area (Å²) in [7, 11) is 0. The number of ketones is 2. The fourth-order valence-corrected chi connectivity index (χ4v) is 10.4. The molecule has 1 aliphatic carbocycles. The van der Waals surface area contributed by atoms with Crippen molar-refractivity contribution >= 4 is 135 Å². The number of rotatable bonds is 4. The van der Waals surface area contributed by atoms with Crippen molar-refractivity contribution < 1.29 is 43.1 Å². The summed E-state index contributed by atoms with van der Waals surface area (Å²) in [5, 5.41) is 19.9. The summed E-state index contributed by atoms with van der Waals surface area (Å²) >= 11 is 14.2. The molecule has 0 spiro atoms. The molecule has 5 nitrogen and oxygen atoms in total. The molecule has 0 saturated carbocycles. The maximum absolute atomic E-state index is 12.3. The van der Waals surface area contributed by atoms with Crippen molar-refractivity contribution in [2.45, 2.75) is 20.8 Å². The van der Waals surface area contributed by atoms with Gasteiger partial charge in [0.25, 0.3) is 5.97 Å². The van der Waals surface area contributed by atoms with Crippen LogP contribution >= 0.6 is 63.7 Å². The van der Waals surface area contributed by atoms with E-state index in [1.165, 1.54) is 76.1 Å². The molecule has 0 bridgehead atoms. The molecule has 74 heavy (non-hydrogen) atoms. The van der Waals surface area contributed by atoms with Crippen molar-refractivity contribution in [3.8, 4) is 22.3 Å². The number of benzene rings is 11. The summed E-state index contributed by atoms with van der Waals surface area (Å²) in [6, 6.07) is 71.7. The molecule has 1 N–H and O–H groups in total. The van der Waals surface area contributed by atoms with Crippen molar-refractivity contribution in [3.63, 3.8) is 0 Å². The van der Waals surface area contributed by atoms with Crippen molar-refractivity contribution in [1.82, 2.24) is 0 Å². The minimum atomic E-state index is -0.833. The van der Waals surface area contributed by atoms with Crippen LogP contribution in [0.4, 0.5) is 0 Å². The van der Waals surface area contributed by atoms with Crippen molar-refractivity contribution in [2.75, 3.05) is 13.2 Å². The van der Waals surface area contributed by atoms with Crippen molar-refractivity contribution in [3.05, 3.63) is 246 Å². The van der Waals surface area contributed by atoms with Gasteiger partial charge in [-0.1, -0.05) is 173 Å². The number of carboxylic acid groups (broad SMARTS) is 1. The van der Waals surface area contributed by atoms with E-state index in [-0.39, 0.29) is 30.4 Å². The molecule has 1 aliphatic rings. The Labute approximate surface area is 476 Å². The van der Waals surface area contributed by atoms with Gasteiger partial charge in [-0.3, -0.25) is 14.4 Å². The summed E-state index contributed by atoms with van der Waals surface area (Å²) in [4.78, 5) is 33.7. The predicted octanol–water partition coefficient (Wildman–Crippen LogP) is 15.9. The topological polar surface area (TPSA) is 80.7 Å². The van der Waals surface area contributed by atoms with E-state index in [0.717, 1.165) is 38.0 Å². The van der Waals surface area contributed by atoms with Crippen LogP contribution in [0.25, 0.3) is 76.1 Å². The summed E-state index contributed by atoms with van der Waals surface area (Å²) in [6.07, 6.45) is 0. The summed E-state index contributed by atoms with van der Waals surface area (Å²) in [6.45, 7) is 6.75. The summed E-state index contributed by atoms with van der Waals surface area (Å²) < 4.78 is 8.58. The molecule has 10 heteroatoms. The number of hydrogen-bond donors (Lipinski definition) is 1. The molecule has 11 aromatic carbocycles. The second-order valence-electron chi connectivity index (χ2n) is 16.8. The van der Waals surface area contributed by atoms with E-state index in [1.54, 1.807) is 36.4 Å². The first kappa shape index (κ1) is 55.8. The molecule has 11 aromatic rings. The maximum Gasteiger partial charge on any atom is 1.00 e. The van der Waals surface area contributed by atoms with Gasteiger partial charge in [-0.05, 0) is 140 Å².